The first-order chi connectivity index (χ1) is 9.63. The third kappa shape index (κ3) is 3.23. The van der Waals surface area contributed by atoms with E-state index in [2.05, 4.69) is 37.7 Å². The van der Waals surface area contributed by atoms with E-state index in [1.807, 2.05) is 14.0 Å². The molecule has 0 saturated carbocycles. The van der Waals surface area contributed by atoms with E-state index in [1.165, 1.54) is 0 Å². The van der Waals surface area contributed by atoms with E-state index < -0.39 is 0 Å². The van der Waals surface area contributed by atoms with Crippen molar-refractivity contribution in [2.24, 2.45) is 0 Å². The molecular formula is C13H20N6O. The molecule has 0 bridgehead atoms. The minimum Gasteiger partial charge on any atom is -0.373 e. The van der Waals surface area contributed by atoms with Gasteiger partial charge in [0.1, 0.15) is 17.5 Å². The summed E-state index contributed by atoms with van der Waals surface area (Å²) in [5, 5.41) is 10.1. The number of nitrogens with one attached hydrogen (secondary N) is 2. The molecule has 0 aliphatic carbocycles. The van der Waals surface area contributed by atoms with Gasteiger partial charge in [-0.05, 0) is 20.3 Å². The van der Waals surface area contributed by atoms with Gasteiger partial charge in [0.2, 0.25) is 5.89 Å². The second-order valence-corrected chi connectivity index (χ2v) is 4.55. The minimum atomic E-state index is 0.452. The standard InChI is InChI=1S/C13H20N6O/c1-5-6-10-17-12(14-4)8(2)13(18-10)15-7-11-16-9(3)19-20-11/h5-7H2,1-4H3,(H2,14,15,17,18). The quantitative estimate of drug-likeness (QED) is 0.835. The summed E-state index contributed by atoms with van der Waals surface area (Å²) in [5.41, 5.74) is 0.976. The number of anilines is 2. The Morgan fingerprint density at radius 3 is 2.45 bits per heavy atom. The molecule has 2 aromatic heterocycles. The van der Waals surface area contributed by atoms with Gasteiger partial charge in [0.05, 0.1) is 6.54 Å². The van der Waals surface area contributed by atoms with E-state index in [0.29, 0.717) is 18.3 Å². The lowest BCUT2D eigenvalue weighted by Crippen LogP contribution is -2.10. The molecule has 0 atom stereocenters. The van der Waals surface area contributed by atoms with Crippen molar-refractivity contribution in [3.05, 3.63) is 23.1 Å². The van der Waals surface area contributed by atoms with E-state index in [4.69, 9.17) is 4.52 Å². The van der Waals surface area contributed by atoms with Crippen LogP contribution in [0.1, 0.15) is 36.4 Å². The van der Waals surface area contributed by atoms with Crippen LogP contribution in [0.2, 0.25) is 0 Å². The predicted molar refractivity (Wildman–Crippen MR) is 76.7 cm³/mol. The topological polar surface area (TPSA) is 88.8 Å². The van der Waals surface area contributed by atoms with Crippen LogP contribution in [0.3, 0.4) is 0 Å². The maximum Gasteiger partial charge on any atom is 0.245 e. The molecule has 20 heavy (non-hydrogen) atoms. The van der Waals surface area contributed by atoms with Gasteiger partial charge in [-0.2, -0.15) is 4.98 Å². The number of aryl methyl sites for hydroxylation is 2. The SMILES string of the molecule is CCCc1nc(NC)c(C)c(NCc2nc(C)no2)n1. The smallest absolute Gasteiger partial charge is 0.245 e. The average Bonchev–Trinajstić information content (AvgIpc) is 2.85. The fourth-order valence-corrected chi connectivity index (χ4v) is 1.89. The zero-order chi connectivity index (χ0) is 14.5. The monoisotopic (exact) mass is 276 g/mol. The number of rotatable bonds is 6. The Bertz CT molecular complexity index is 580. The van der Waals surface area contributed by atoms with E-state index in [0.717, 1.165) is 35.9 Å². The van der Waals surface area contributed by atoms with Gasteiger partial charge < -0.3 is 15.2 Å². The van der Waals surface area contributed by atoms with Crippen LogP contribution < -0.4 is 10.6 Å². The summed E-state index contributed by atoms with van der Waals surface area (Å²) >= 11 is 0. The molecule has 0 radical (unpaired) electrons. The summed E-state index contributed by atoms with van der Waals surface area (Å²) in [6.45, 7) is 6.33. The van der Waals surface area contributed by atoms with Crippen LogP contribution in [0, 0.1) is 13.8 Å². The molecule has 0 aliphatic heterocycles. The lowest BCUT2D eigenvalue weighted by atomic mass is 10.2. The van der Waals surface area contributed by atoms with Crippen LogP contribution in [0.5, 0.6) is 0 Å². The normalized spacial score (nSPS) is 10.6. The van der Waals surface area contributed by atoms with Gasteiger partial charge in [-0.3, -0.25) is 0 Å². The Balaban J connectivity index is 2.18. The van der Waals surface area contributed by atoms with E-state index in [1.54, 1.807) is 6.92 Å². The van der Waals surface area contributed by atoms with Gasteiger partial charge >= 0.3 is 0 Å². The third-order valence-electron chi connectivity index (χ3n) is 2.88. The molecule has 7 heteroatoms. The lowest BCUT2D eigenvalue weighted by molar-refractivity contribution is 0.379. The van der Waals surface area contributed by atoms with Crippen LogP contribution in [0.4, 0.5) is 11.6 Å². The van der Waals surface area contributed by atoms with Gasteiger partial charge in [0.25, 0.3) is 0 Å². The molecular weight excluding hydrogens is 256 g/mol. The van der Waals surface area contributed by atoms with Crippen LogP contribution in [-0.4, -0.2) is 27.2 Å². The van der Waals surface area contributed by atoms with Crippen molar-refractivity contribution in [3.8, 4) is 0 Å². The summed E-state index contributed by atoms with van der Waals surface area (Å²) in [5.74, 6) is 3.63. The van der Waals surface area contributed by atoms with Gasteiger partial charge in [-0.1, -0.05) is 12.1 Å². The summed E-state index contributed by atoms with van der Waals surface area (Å²) in [4.78, 5) is 13.2. The van der Waals surface area contributed by atoms with Crippen molar-refractivity contribution in [1.29, 1.82) is 0 Å². The van der Waals surface area contributed by atoms with Crippen molar-refractivity contribution < 1.29 is 4.52 Å². The zero-order valence-corrected chi connectivity index (χ0v) is 12.3. The summed E-state index contributed by atoms with van der Waals surface area (Å²) in [7, 11) is 1.86. The van der Waals surface area contributed by atoms with Crippen LogP contribution >= 0.6 is 0 Å². The highest BCUT2D eigenvalue weighted by molar-refractivity contribution is 5.56. The zero-order valence-electron chi connectivity index (χ0n) is 12.3. The first-order valence-corrected chi connectivity index (χ1v) is 6.72. The molecule has 0 saturated heterocycles. The molecule has 2 rings (SSSR count). The fraction of sp³-hybridized carbons (Fsp3) is 0.538. The summed E-state index contributed by atoms with van der Waals surface area (Å²) in [6, 6.07) is 0. The molecule has 2 aromatic rings. The fourth-order valence-electron chi connectivity index (χ4n) is 1.89. The highest BCUT2D eigenvalue weighted by Gasteiger charge is 2.11. The molecule has 108 valence electrons. The van der Waals surface area contributed by atoms with Gasteiger partial charge in [0.15, 0.2) is 5.82 Å². The van der Waals surface area contributed by atoms with Crippen molar-refractivity contribution in [1.82, 2.24) is 20.1 Å². The number of nitrogens with zero attached hydrogens (tertiary/aromatic N) is 4. The molecule has 0 aromatic carbocycles. The first kappa shape index (κ1) is 14.2. The maximum absolute atomic E-state index is 5.08. The van der Waals surface area contributed by atoms with Crippen molar-refractivity contribution >= 4 is 11.6 Å². The highest BCUT2D eigenvalue weighted by atomic mass is 16.5. The number of hydrogen-bond donors (Lipinski definition) is 2. The first-order valence-electron chi connectivity index (χ1n) is 6.72. The Morgan fingerprint density at radius 2 is 1.85 bits per heavy atom. The Morgan fingerprint density at radius 1 is 1.10 bits per heavy atom. The van der Waals surface area contributed by atoms with Crippen molar-refractivity contribution in [3.63, 3.8) is 0 Å². The van der Waals surface area contributed by atoms with E-state index in [-0.39, 0.29) is 0 Å². The second kappa shape index (κ2) is 6.31. The third-order valence-corrected chi connectivity index (χ3v) is 2.88. The van der Waals surface area contributed by atoms with Crippen molar-refractivity contribution in [2.75, 3.05) is 17.7 Å². The highest BCUT2D eigenvalue weighted by Crippen LogP contribution is 2.20. The number of hydrogen-bond acceptors (Lipinski definition) is 7. The Kier molecular flexibility index (Phi) is 4.49. The molecule has 0 unspecified atom stereocenters. The lowest BCUT2D eigenvalue weighted by Gasteiger charge is -2.12. The van der Waals surface area contributed by atoms with Gasteiger partial charge in [-0.15, -0.1) is 0 Å². The Labute approximate surface area is 118 Å². The molecule has 0 spiro atoms. The van der Waals surface area contributed by atoms with E-state index >= 15 is 0 Å². The largest absolute Gasteiger partial charge is 0.373 e. The van der Waals surface area contributed by atoms with Crippen LogP contribution in [0.25, 0.3) is 0 Å². The average molecular weight is 276 g/mol. The molecule has 0 fully saturated rings. The van der Waals surface area contributed by atoms with E-state index in [9.17, 15) is 0 Å². The molecule has 0 aliphatic rings. The Hall–Kier alpha value is -2.18. The van der Waals surface area contributed by atoms with Crippen LogP contribution in [0.15, 0.2) is 4.52 Å². The minimum absolute atomic E-state index is 0.452. The second-order valence-electron chi connectivity index (χ2n) is 4.55. The van der Waals surface area contributed by atoms with Gasteiger partial charge in [-0.25, -0.2) is 9.97 Å². The van der Waals surface area contributed by atoms with Crippen molar-refractivity contribution in [2.45, 2.75) is 40.2 Å². The van der Waals surface area contributed by atoms with Gasteiger partial charge in [0, 0.05) is 19.0 Å². The maximum atomic E-state index is 5.08. The molecule has 2 heterocycles. The summed E-state index contributed by atoms with van der Waals surface area (Å²) < 4.78 is 5.08. The molecule has 7 nitrogen and oxygen atoms in total. The number of aromatic nitrogens is 4. The summed E-state index contributed by atoms with van der Waals surface area (Å²) in [6.07, 6.45) is 1.86. The predicted octanol–water partition coefficient (Wildman–Crippen LogP) is 2.08. The molecule has 0 amide bonds. The molecule has 2 N–H and O–H groups in total. The van der Waals surface area contributed by atoms with Crippen LogP contribution in [-0.2, 0) is 13.0 Å².